The summed E-state index contributed by atoms with van der Waals surface area (Å²) in [5, 5.41) is 9.00. The molecule has 6 nitrogen and oxygen atoms in total. The highest BCUT2D eigenvalue weighted by Gasteiger charge is 2.09. The number of nitrogens with zero attached hydrogens (tertiary/aromatic N) is 3. The van der Waals surface area contributed by atoms with Crippen LogP contribution < -0.4 is 5.69 Å². The molecule has 0 atom stereocenters. The van der Waals surface area contributed by atoms with Crippen LogP contribution in [0, 0.1) is 0 Å². The zero-order chi connectivity index (χ0) is 13.2. The first kappa shape index (κ1) is 11.6. The third-order valence-electron chi connectivity index (χ3n) is 2.92. The van der Waals surface area contributed by atoms with Crippen LogP contribution >= 0.6 is 0 Å². The van der Waals surface area contributed by atoms with Crippen LogP contribution in [0.5, 0.6) is 0 Å². The van der Waals surface area contributed by atoms with Gasteiger partial charge in [-0.15, -0.1) is 0 Å². The molecular weight excluding hydrogens is 244 g/mol. The largest absolute Gasteiger partial charge is 0.395 e. The van der Waals surface area contributed by atoms with Gasteiger partial charge in [0, 0.05) is 18.0 Å². The summed E-state index contributed by atoms with van der Waals surface area (Å²) >= 11 is 0. The van der Waals surface area contributed by atoms with E-state index in [1.165, 1.54) is 4.57 Å². The molecule has 3 heterocycles. The van der Waals surface area contributed by atoms with Crippen LogP contribution in [-0.2, 0) is 6.54 Å². The van der Waals surface area contributed by atoms with Crippen LogP contribution in [0.25, 0.3) is 22.4 Å². The average Bonchev–Trinajstić information content (AvgIpc) is 2.76. The molecule has 0 spiro atoms. The minimum absolute atomic E-state index is 0.103. The maximum absolute atomic E-state index is 11.7. The molecule has 2 N–H and O–H groups in total. The van der Waals surface area contributed by atoms with Gasteiger partial charge in [0.1, 0.15) is 0 Å². The van der Waals surface area contributed by atoms with Gasteiger partial charge < -0.3 is 10.1 Å². The van der Waals surface area contributed by atoms with E-state index in [0.29, 0.717) is 11.2 Å². The number of aromatic nitrogens is 4. The summed E-state index contributed by atoms with van der Waals surface area (Å²) in [6.45, 7) is 0.125. The van der Waals surface area contributed by atoms with Gasteiger partial charge in [0.2, 0.25) is 0 Å². The number of fused-ring (bicyclic) bond motifs is 1. The Balaban J connectivity index is 2.19. The fourth-order valence-corrected chi connectivity index (χ4v) is 2.02. The zero-order valence-electron chi connectivity index (χ0n) is 10.1. The molecule has 3 rings (SSSR count). The molecular formula is C13H12N4O2. The van der Waals surface area contributed by atoms with E-state index in [1.54, 1.807) is 12.4 Å². The van der Waals surface area contributed by atoms with Crippen molar-refractivity contribution in [3.63, 3.8) is 0 Å². The molecule has 0 amide bonds. The highest BCUT2D eigenvalue weighted by Crippen LogP contribution is 2.18. The molecule has 96 valence electrons. The highest BCUT2D eigenvalue weighted by molar-refractivity contribution is 5.75. The first-order valence-corrected chi connectivity index (χ1v) is 5.90. The Morgan fingerprint density at radius 1 is 1.21 bits per heavy atom. The van der Waals surface area contributed by atoms with E-state index in [1.807, 2.05) is 24.3 Å². The zero-order valence-corrected chi connectivity index (χ0v) is 10.1. The van der Waals surface area contributed by atoms with Crippen molar-refractivity contribution >= 4 is 11.2 Å². The third kappa shape index (κ3) is 2.02. The van der Waals surface area contributed by atoms with Crippen molar-refractivity contribution in [3.8, 4) is 11.3 Å². The van der Waals surface area contributed by atoms with Crippen molar-refractivity contribution in [3.05, 3.63) is 47.1 Å². The number of imidazole rings is 1. The normalized spacial score (nSPS) is 11.0. The fraction of sp³-hybridized carbons (Fsp3) is 0.154. The molecule has 0 aromatic carbocycles. The van der Waals surface area contributed by atoms with E-state index < -0.39 is 0 Å². The molecule has 3 aromatic heterocycles. The topological polar surface area (TPSA) is 83.8 Å². The minimum Gasteiger partial charge on any atom is -0.395 e. The maximum Gasteiger partial charge on any atom is 0.327 e. The molecule has 0 saturated carbocycles. The van der Waals surface area contributed by atoms with Crippen LogP contribution in [0.2, 0.25) is 0 Å². The van der Waals surface area contributed by atoms with Crippen LogP contribution in [0.3, 0.4) is 0 Å². The Hall–Kier alpha value is -2.47. The Bertz CT molecular complexity index is 761. The Labute approximate surface area is 108 Å². The van der Waals surface area contributed by atoms with Gasteiger partial charge in [-0.2, -0.15) is 0 Å². The van der Waals surface area contributed by atoms with Crippen LogP contribution in [-0.4, -0.2) is 31.2 Å². The monoisotopic (exact) mass is 256 g/mol. The molecule has 0 bridgehead atoms. The van der Waals surface area contributed by atoms with Crippen molar-refractivity contribution < 1.29 is 5.11 Å². The summed E-state index contributed by atoms with van der Waals surface area (Å²) in [6, 6.07) is 7.37. The smallest absolute Gasteiger partial charge is 0.327 e. The summed E-state index contributed by atoms with van der Waals surface area (Å²) < 4.78 is 1.43. The predicted molar refractivity (Wildman–Crippen MR) is 70.7 cm³/mol. The second-order valence-corrected chi connectivity index (χ2v) is 4.11. The van der Waals surface area contributed by atoms with Crippen LogP contribution in [0.4, 0.5) is 0 Å². The van der Waals surface area contributed by atoms with Gasteiger partial charge in [-0.05, 0) is 24.3 Å². The van der Waals surface area contributed by atoms with Crippen molar-refractivity contribution in [1.82, 2.24) is 19.5 Å². The van der Waals surface area contributed by atoms with Gasteiger partial charge in [-0.25, -0.2) is 9.78 Å². The Morgan fingerprint density at radius 2 is 2.00 bits per heavy atom. The summed E-state index contributed by atoms with van der Waals surface area (Å²) in [6.07, 6.45) is 3.39. The summed E-state index contributed by atoms with van der Waals surface area (Å²) in [7, 11) is 0. The van der Waals surface area contributed by atoms with Crippen LogP contribution in [0.1, 0.15) is 0 Å². The molecule has 0 radical (unpaired) electrons. The summed E-state index contributed by atoms with van der Waals surface area (Å²) in [5.74, 6) is 0. The molecule has 0 saturated heterocycles. The summed E-state index contributed by atoms with van der Waals surface area (Å²) in [4.78, 5) is 22.9. The van der Waals surface area contributed by atoms with Gasteiger partial charge in [0.25, 0.3) is 0 Å². The van der Waals surface area contributed by atoms with Crippen molar-refractivity contribution in [1.29, 1.82) is 0 Å². The van der Waals surface area contributed by atoms with Gasteiger partial charge >= 0.3 is 5.69 Å². The first-order chi connectivity index (χ1) is 9.29. The quantitative estimate of drug-likeness (QED) is 0.725. The van der Waals surface area contributed by atoms with E-state index in [9.17, 15) is 4.79 Å². The van der Waals surface area contributed by atoms with E-state index in [-0.39, 0.29) is 18.8 Å². The minimum atomic E-state index is -0.261. The second kappa shape index (κ2) is 4.66. The van der Waals surface area contributed by atoms with E-state index >= 15 is 0 Å². The molecule has 3 aromatic rings. The molecule has 0 fully saturated rings. The molecule has 0 unspecified atom stereocenters. The SMILES string of the molecule is O=c1[nH]c2ccc(-c3ccncc3)nc2n1CCO. The molecule has 19 heavy (non-hydrogen) atoms. The number of aliphatic hydroxyl groups excluding tert-OH is 1. The predicted octanol–water partition coefficient (Wildman–Crippen LogP) is 0.779. The lowest BCUT2D eigenvalue weighted by Crippen LogP contribution is -2.18. The molecule has 0 aliphatic heterocycles. The van der Waals surface area contributed by atoms with Crippen molar-refractivity contribution in [2.45, 2.75) is 6.54 Å². The van der Waals surface area contributed by atoms with E-state index in [2.05, 4.69) is 15.0 Å². The number of nitrogens with one attached hydrogen (secondary N) is 1. The van der Waals surface area contributed by atoms with Gasteiger partial charge in [0.05, 0.1) is 24.4 Å². The fourth-order valence-electron chi connectivity index (χ4n) is 2.02. The Morgan fingerprint density at radius 3 is 2.74 bits per heavy atom. The molecule has 0 aliphatic rings. The maximum atomic E-state index is 11.7. The molecule has 0 aliphatic carbocycles. The number of hydrogen-bond donors (Lipinski definition) is 2. The van der Waals surface area contributed by atoms with Gasteiger partial charge in [-0.1, -0.05) is 0 Å². The number of H-pyrrole nitrogens is 1. The van der Waals surface area contributed by atoms with Gasteiger partial charge in [0.15, 0.2) is 5.65 Å². The number of hydrogen-bond acceptors (Lipinski definition) is 4. The third-order valence-corrected chi connectivity index (χ3v) is 2.92. The highest BCUT2D eigenvalue weighted by atomic mass is 16.3. The second-order valence-electron chi connectivity index (χ2n) is 4.11. The van der Waals surface area contributed by atoms with Crippen molar-refractivity contribution in [2.24, 2.45) is 0 Å². The first-order valence-electron chi connectivity index (χ1n) is 5.90. The van der Waals surface area contributed by atoms with Crippen LogP contribution in [0.15, 0.2) is 41.5 Å². The Kier molecular flexibility index (Phi) is 2.85. The summed E-state index contributed by atoms with van der Waals surface area (Å²) in [5.41, 5.74) is 2.65. The van der Waals surface area contributed by atoms with E-state index in [4.69, 9.17) is 5.11 Å². The lowest BCUT2D eigenvalue weighted by Gasteiger charge is -2.02. The van der Waals surface area contributed by atoms with Crippen molar-refractivity contribution in [2.75, 3.05) is 6.61 Å². The molecule has 6 heteroatoms. The average molecular weight is 256 g/mol. The standard InChI is InChI=1S/C13H12N4O2/c18-8-7-17-12-11(16-13(17)19)2-1-10(15-12)9-3-5-14-6-4-9/h1-6,18H,7-8H2,(H,16,19). The van der Waals surface area contributed by atoms with Gasteiger partial charge in [-0.3, -0.25) is 9.55 Å². The number of pyridine rings is 2. The lowest BCUT2D eigenvalue weighted by atomic mass is 10.2. The van der Waals surface area contributed by atoms with E-state index in [0.717, 1.165) is 11.3 Å². The lowest BCUT2D eigenvalue weighted by molar-refractivity contribution is 0.276. The number of aliphatic hydroxyl groups is 1. The number of aromatic amines is 1. The number of rotatable bonds is 3.